The van der Waals surface area contributed by atoms with Gasteiger partial charge in [-0.3, -0.25) is 4.79 Å². The zero-order chi connectivity index (χ0) is 18.6. The van der Waals surface area contributed by atoms with Gasteiger partial charge in [-0.15, -0.1) is 0 Å². The quantitative estimate of drug-likeness (QED) is 0.844. The van der Waals surface area contributed by atoms with E-state index in [2.05, 4.69) is 19.2 Å². The summed E-state index contributed by atoms with van der Waals surface area (Å²) in [4.78, 5) is 14.4. The van der Waals surface area contributed by atoms with Crippen LogP contribution in [0.25, 0.3) is 0 Å². The Kier molecular flexibility index (Phi) is 6.49. The first kappa shape index (κ1) is 19.8. The van der Waals surface area contributed by atoms with Crippen molar-refractivity contribution in [2.45, 2.75) is 70.3 Å². The highest BCUT2D eigenvalue weighted by molar-refractivity contribution is 5.94. The monoisotopic (exact) mass is 356 g/mol. The van der Waals surface area contributed by atoms with E-state index in [0.29, 0.717) is 11.6 Å². The fourth-order valence-corrected chi connectivity index (χ4v) is 3.41. The molecule has 140 valence electrons. The minimum absolute atomic E-state index is 0.0672. The minimum atomic E-state index is -4.39. The first-order valence-electron chi connectivity index (χ1n) is 8.94. The van der Waals surface area contributed by atoms with Gasteiger partial charge in [-0.1, -0.05) is 19.8 Å². The molecule has 1 saturated carbocycles. The highest BCUT2D eigenvalue weighted by Gasteiger charge is 2.33. The highest BCUT2D eigenvalue weighted by Crippen LogP contribution is 2.30. The normalized spacial score (nSPS) is 22.5. The first-order valence-corrected chi connectivity index (χ1v) is 8.94. The fraction of sp³-hybridized carbons (Fsp3) is 0.632. The average molecular weight is 356 g/mol. The van der Waals surface area contributed by atoms with Crippen molar-refractivity contribution in [3.63, 3.8) is 0 Å². The number of rotatable bonds is 5. The molecule has 3 nitrogen and oxygen atoms in total. The number of alkyl halides is 3. The lowest BCUT2D eigenvalue weighted by Gasteiger charge is -2.39. The van der Waals surface area contributed by atoms with Crippen molar-refractivity contribution in [2.75, 3.05) is 7.05 Å². The van der Waals surface area contributed by atoms with Gasteiger partial charge in [0.2, 0.25) is 0 Å². The summed E-state index contributed by atoms with van der Waals surface area (Å²) in [5, 5.41) is 3.59. The van der Waals surface area contributed by atoms with Crippen molar-refractivity contribution >= 4 is 5.91 Å². The van der Waals surface area contributed by atoms with Gasteiger partial charge in [-0.05, 0) is 50.5 Å². The van der Waals surface area contributed by atoms with E-state index < -0.39 is 11.7 Å². The maximum atomic E-state index is 12.7. The number of benzene rings is 1. The predicted molar refractivity (Wildman–Crippen MR) is 92.5 cm³/mol. The van der Waals surface area contributed by atoms with E-state index in [9.17, 15) is 18.0 Å². The molecule has 1 N–H and O–H groups in total. The van der Waals surface area contributed by atoms with Crippen LogP contribution in [0.5, 0.6) is 0 Å². The molecule has 1 amide bonds. The molecule has 1 aliphatic carbocycles. The Hall–Kier alpha value is -1.56. The lowest BCUT2D eigenvalue weighted by molar-refractivity contribution is -0.137. The predicted octanol–water partition coefficient (Wildman–Crippen LogP) is 4.48. The molecule has 0 aliphatic heterocycles. The minimum Gasteiger partial charge on any atom is -0.337 e. The van der Waals surface area contributed by atoms with Crippen molar-refractivity contribution in [1.82, 2.24) is 10.2 Å². The second-order valence-electron chi connectivity index (χ2n) is 6.93. The van der Waals surface area contributed by atoms with Crippen molar-refractivity contribution < 1.29 is 18.0 Å². The van der Waals surface area contributed by atoms with Crippen LogP contribution in [0.3, 0.4) is 0 Å². The summed E-state index contributed by atoms with van der Waals surface area (Å²) in [5.41, 5.74) is -0.441. The van der Waals surface area contributed by atoms with Crippen LogP contribution in [-0.2, 0) is 6.18 Å². The van der Waals surface area contributed by atoms with Crippen molar-refractivity contribution in [3.8, 4) is 0 Å². The first-order chi connectivity index (χ1) is 11.7. The van der Waals surface area contributed by atoms with Crippen molar-refractivity contribution in [1.29, 1.82) is 0 Å². The maximum absolute atomic E-state index is 12.7. The SMILES string of the molecule is CCC(C)NC1CCCCC1N(C)C(=O)c1ccc(C(F)(F)F)cc1. The Bertz CT molecular complexity index is 571. The zero-order valence-corrected chi connectivity index (χ0v) is 15.1. The van der Waals surface area contributed by atoms with Gasteiger partial charge < -0.3 is 10.2 Å². The summed E-state index contributed by atoms with van der Waals surface area (Å²) in [6.07, 6.45) is 0.749. The van der Waals surface area contributed by atoms with E-state index in [-0.39, 0.29) is 18.0 Å². The Morgan fingerprint density at radius 3 is 2.40 bits per heavy atom. The van der Waals surface area contributed by atoms with E-state index in [4.69, 9.17) is 0 Å². The molecule has 0 radical (unpaired) electrons. The molecule has 0 heterocycles. The van der Waals surface area contributed by atoms with Gasteiger partial charge >= 0.3 is 6.18 Å². The molecule has 1 aromatic carbocycles. The number of amides is 1. The zero-order valence-electron chi connectivity index (χ0n) is 15.1. The molecule has 0 aromatic heterocycles. The van der Waals surface area contributed by atoms with E-state index in [0.717, 1.165) is 44.2 Å². The molecule has 0 bridgehead atoms. The molecule has 0 spiro atoms. The van der Waals surface area contributed by atoms with Crippen LogP contribution in [0.2, 0.25) is 0 Å². The molecule has 3 unspecified atom stereocenters. The van der Waals surface area contributed by atoms with Gasteiger partial charge in [0.1, 0.15) is 0 Å². The summed E-state index contributed by atoms with van der Waals surface area (Å²) in [6, 6.07) is 5.14. The summed E-state index contributed by atoms with van der Waals surface area (Å²) in [6.45, 7) is 4.25. The Morgan fingerprint density at radius 1 is 1.24 bits per heavy atom. The lowest BCUT2D eigenvalue weighted by atomic mass is 9.88. The number of hydrogen-bond donors (Lipinski definition) is 1. The van der Waals surface area contributed by atoms with E-state index >= 15 is 0 Å². The molecular weight excluding hydrogens is 329 g/mol. The molecule has 6 heteroatoms. The van der Waals surface area contributed by atoms with E-state index in [1.165, 1.54) is 12.1 Å². The van der Waals surface area contributed by atoms with Crippen LogP contribution >= 0.6 is 0 Å². The van der Waals surface area contributed by atoms with Gasteiger partial charge in [0.15, 0.2) is 0 Å². The van der Waals surface area contributed by atoms with E-state index in [1.54, 1.807) is 11.9 Å². The third-order valence-electron chi connectivity index (χ3n) is 5.12. The van der Waals surface area contributed by atoms with Crippen LogP contribution in [0, 0.1) is 0 Å². The molecule has 0 saturated heterocycles. The molecule has 1 aliphatic rings. The van der Waals surface area contributed by atoms with Crippen molar-refractivity contribution in [3.05, 3.63) is 35.4 Å². The standard InChI is InChI=1S/C19H27F3N2O/c1-4-13(2)23-16-7-5-6-8-17(16)24(3)18(25)14-9-11-15(12-10-14)19(20,21)22/h9-13,16-17,23H,4-8H2,1-3H3. The van der Waals surface area contributed by atoms with Gasteiger partial charge in [0.25, 0.3) is 5.91 Å². The van der Waals surface area contributed by atoms with Gasteiger partial charge in [0.05, 0.1) is 5.56 Å². The molecule has 25 heavy (non-hydrogen) atoms. The van der Waals surface area contributed by atoms with E-state index in [1.807, 2.05) is 0 Å². The Morgan fingerprint density at radius 2 is 1.84 bits per heavy atom. The maximum Gasteiger partial charge on any atom is 0.416 e. The average Bonchev–Trinajstić information content (AvgIpc) is 2.60. The third kappa shape index (κ3) is 4.97. The Balaban J connectivity index is 2.11. The smallest absolute Gasteiger partial charge is 0.337 e. The molecular formula is C19H27F3N2O. The van der Waals surface area contributed by atoms with Crippen LogP contribution in [0.15, 0.2) is 24.3 Å². The molecule has 1 aromatic rings. The number of halogens is 3. The third-order valence-corrected chi connectivity index (χ3v) is 5.12. The number of carbonyl (C=O) groups is 1. The van der Waals surface area contributed by atoms with Crippen molar-refractivity contribution in [2.24, 2.45) is 0 Å². The summed E-state index contributed by atoms with van der Waals surface area (Å²) < 4.78 is 38.0. The lowest BCUT2D eigenvalue weighted by Crippen LogP contribution is -2.54. The van der Waals surface area contributed by atoms with Gasteiger partial charge in [-0.25, -0.2) is 0 Å². The van der Waals surface area contributed by atoms with Crippen LogP contribution in [-0.4, -0.2) is 36.0 Å². The van der Waals surface area contributed by atoms with Gasteiger partial charge in [-0.2, -0.15) is 13.2 Å². The van der Waals surface area contributed by atoms with Crippen LogP contribution in [0.1, 0.15) is 61.9 Å². The number of carbonyl (C=O) groups excluding carboxylic acids is 1. The second-order valence-corrected chi connectivity index (χ2v) is 6.93. The number of hydrogen-bond acceptors (Lipinski definition) is 2. The topological polar surface area (TPSA) is 32.3 Å². The fourth-order valence-electron chi connectivity index (χ4n) is 3.41. The highest BCUT2D eigenvalue weighted by atomic mass is 19.4. The second kappa shape index (κ2) is 8.21. The number of likely N-dealkylation sites (N-methyl/N-ethyl adjacent to an activating group) is 1. The molecule has 2 rings (SSSR count). The molecule has 1 fully saturated rings. The summed E-state index contributed by atoms with van der Waals surface area (Å²) in [5.74, 6) is -0.225. The van der Waals surface area contributed by atoms with Crippen LogP contribution in [0.4, 0.5) is 13.2 Å². The largest absolute Gasteiger partial charge is 0.416 e. The molecule has 3 atom stereocenters. The Labute approximate surface area is 147 Å². The van der Waals surface area contributed by atoms with Gasteiger partial charge in [0, 0.05) is 30.7 Å². The summed E-state index contributed by atoms with van der Waals surface area (Å²) >= 11 is 0. The number of nitrogens with one attached hydrogen (secondary N) is 1. The summed E-state index contributed by atoms with van der Waals surface area (Å²) in [7, 11) is 1.75. The van der Waals surface area contributed by atoms with Crippen LogP contribution < -0.4 is 5.32 Å². The number of nitrogens with zero attached hydrogens (tertiary/aromatic N) is 1.